The van der Waals surface area contributed by atoms with Crippen LogP contribution in [0.2, 0.25) is 10.0 Å². The Balaban J connectivity index is 1.70. The third kappa shape index (κ3) is 6.22. The third-order valence-corrected chi connectivity index (χ3v) is 5.93. The molecule has 0 aliphatic carbocycles. The van der Waals surface area contributed by atoms with Gasteiger partial charge >= 0.3 is 0 Å². The van der Waals surface area contributed by atoms with Gasteiger partial charge < -0.3 is 14.5 Å². The quantitative estimate of drug-likeness (QED) is 0.610. The molecular weight excluding hydrogens is 435 g/mol. The predicted octanol–water partition coefficient (Wildman–Crippen LogP) is 4.94. The smallest absolute Gasteiger partial charge is 0.254 e. The minimum absolute atomic E-state index is 0.0229. The zero-order chi connectivity index (χ0) is 22.5. The maximum Gasteiger partial charge on any atom is 0.254 e. The van der Waals surface area contributed by atoms with Crippen molar-refractivity contribution in [1.29, 1.82) is 0 Å². The highest BCUT2D eigenvalue weighted by molar-refractivity contribution is 6.42. The molecule has 7 heteroatoms. The molecule has 2 aromatic carbocycles. The molecule has 1 saturated heterocycles. The van der Waals surface area contributed by atoms with Crippen LogP contribution in [0.1, 0.15) is 40.1 Å². The van der Waals surface area contributed by atoms with Crippen LogP contribution in [0.25, 0.3) is 0 Å². The second-order valence-corrected chi connectivity index (χ2v) is 9.16. The fourth-order valence-electron chi connectivity index (χ4n) is 3.63. The molecule has 0 spiro atoms. The molecule has 2 amide bonds. The Kier molecular flexibility index (Phi) is 7.98. The van der Waals surface area contributed by atoms with Crippen molar-refractivity contribution in [3.05, 3.63) is 69.2 Å². The van der Waals surface area contributed by atoms with Crippen LogP contribution in [0.3, 0.4) is 0 Å². The van der Waals surface area contributed by atoms with E-state index >= 15 is 0 Å². The molecule has 31 heavy (non-hydrogen) atoms. The van der Waals surface area contributed by atoms with E-state index in [-0.39, 0.29) is 17.9 Å². The summed E-state index contributed by atoms with van der Waals surface area (Å²) in [5, 5.41) is 0.765. The van der Waals surface area contributed by atoms with E-state index in [1.54, 1.807) is 23.1 Å². The average molecular weight is 463 g/mol. The Bertz CT molecular complexity index is 931. The Morgan fingerprint density at radius 3 is 2.42 bits per heavy atom. The molecule has 1 unspecified atom stereocenters. The summed E-state index contributed by atoms with van der Waals surface area (Å²) in [6.45, 7) is 8.53. The molecule has 1 fully saturated rings. The van der Waals surface area contributed by atoms with Crippen molar-refractivity contribution in [2.45, 2.75) is 26.9 Å². The highest BCUT2D eigenvalue weighted by Gasteiger charge is 2.29. The molecule has 1 atom stereocenters. The van der Waals surface area contributed by atoms with E-state index in [0.717, 1.165) is 5.56 Å². The number of carbonyl (C=O) groups is 2. The van der Waals surface area contributed by atoms with Gasteiger partial charge in [0, 0.05) is 37.3 Å². The number of amides is 2. The predicted molar refractivity (Wildman–Crippen MR) is 124 cm³/mol. The van der Waals surface area contributed by atoms with Crippen LogP contribution >= 0.6 is 23.2 Å². The highest BCUT2D eigenvalue weighted by Crippen LogP contribution is 2.24. The number of aryl methyl sites for hydroxylation is 1. The van der Waals surface area contributed by atoms with Crippen molar-refractivity contribution >= 4 is 35.0 Å². The molecule has 0 bridgehead atoms. The molecule has 2 aromatic rings. The Hall–Kier alpha value is -2.08. The van der Waals surface area contributed by atoms with E-state index in [9.17, 15) is 9.59 Å². The number of benzene rings is 2. The average Bonchev–Trinajstić information content (AvgIpc) is 2.74. The second kappa shape index (κ2) is 10.5. The molecule has 0 radical (unpaired) electrons. The maximum absolute atomic E-state index is 13.1. The first kappa shape index (κ1) is 23.6. The van der Waals surface area contributed by atoms with Gasteiger partial charge in [-0.3, -0.25) is 9.59 Å². The maximum atomic E-state index is 13.1. The van der Waals surface area contributed by atoms with E-state index in [4.69, 9.17) is 27.9 Å². The number of hydrogen-bond acceptors (Lipinski definition) is 3. The summed E-state index contributed by atoms with van der Waals surface area (Å²) in [6.07, 6.45) is -0.256. The Morgan fingerprint density at radius 1 is 1.10 bits per heavy atom. The fourth-order valence-corrected chi connectivity index (χ4v) is 3.93. The Morgan fingerprint density at radius 2 is 1.77 bits per heavy atom. The van der Waals surface area contributed by atoms with Gasteiger partial charge in [-0.15, -0.1) is 0 Å². The van der Waals surface area contributed by atoms with Gasteiger partial charge in [-0.05, 0) is 43.2 Å². The summed E-state index contributed by atoms with van der Waals surface area (Å²) in [5.74, 6) is 0.171. The Labute approximate surface area is 193 Å². The summed E-state index contributed by atoms with van der Waals surface area (Å²) in [7, 11) is 0. The van der Waals surface area contributed by atoms with Crippen molar-refractivity contribution in [1.82, 2.24) is 9.80 Å². The molecule has 0 aromatic heterocycles. The molecule has 1 aliphatic heterocycles. The van der Waals surface area contributed by atoms with E-state index in [0.29, 0.717) is 59.9 Å². The first-order valence-corrected chi connectivity index (χ1v) is 11.2. The van der Waals surface area contributed by atoms with Crippen LogP contribution in [0.4, 0.5) is 0 Å². The van der Waals surface area contributed by atoms with E-state index < -0.39 is 0 Å². The van der Waals surface area contributed by atoms with E-state index in [1.165, 1.54) is 0 Å². The lowest BCUT2D eigenvalue weighted by Gasteiger charge is -2.36. The molecule has 5 nitrogen and oxygen atoms in total. The monoisotopic (exact) mass is 462 g/mol. The molecule has 1 heterocycles. The van der Waals surface area contributed by atoms with Crippen LogP contribution < -0.4 is 0 Å². The molecule has 1 aliphatic rings. The summed E-state index contributed by atoms with van der Waals surface area (Å²) in [6, 6.07) is 12.5. The molecular formula is C24H28Cl2N2O3. The van der Waals surface area contributed by atoms with Gasteiger partial charge in [0.15, 0.2) is 0 Å². The normalized spacial score (nSPS) is 16.5. The largest absolute Gasteiger partial charge is 0.373 e. The standard InChI is InChI=1S/C24H28Cl2N2O3/c1-16(2)13-28(23(29)18-6-4-17(3)5-7-18)15-20-14-27(10-11-31-20)24(30)19-8-9-21(25)22(26)12-19/h4-9,12,16,20H,10-11,13-15H2,1-3H3. The number of carbonyl (C=O) groups excluding carboxylic acids is 2. The fraction of sp³-hybridized carbons (Fsp3) is 0.417. The topological polar surface area (TPSA) is 49.9 Å². The highest BCUT2D eigenvalue weighted by atomic mass is 35.5. The van der Waals surface area contributed by atoms with Gasteiger partial charge in [0.05, 0.1) is 22.8 Å². The van der Waals surface area contributed by atoms with Gasteiger partial charge in [0.1, 0.15) is 0 Å². The number of hydrogen-bond donors (Lipinski definition) is 0. The number of rotatable bonds is 6. The van der Waals surface area contributed by atoms with Crippen molar-refractivity contribution < 1.29 is 14.3 Å². The van der Waals surface area contributed by atoms with Gasteiger partial charge in [-0.2, -0.15) is 0 Å². The van der Waals surface area contributed by atoms with Crippen LogP contribution in [-0.2, 0) is 4.74 Å². The minimum Gasteiger partial charge on any atom is -0.373 e. The molecule has 0 N–H and O–H groups in total. The molecule has 166 valence electrons. The summed E-state index contributed by atoms with van der Waals surface area (Å²) in [5.41, 5.74) is 2.26. The zero-order valence-corrected chi connectivity index (χ0v) is 19.6. The van der Waals surface area contributed by atoms with Gasteiger partial charge in [-0.25, -0.2) is 0 Å². The van der Waals surface area contributed by atoms with Crippen molar-refractivity contribution in [2.75, 3.05) is 32.8 Å². The number of morpholine rings is 1. The third-order valence-electron chi connectivity index (χ3n) is 5.19. The van der Waals surface area contributed by atoms with Crippen LogP contribution in [0, 0.1) is 12.8 Å². The first-order chi connectivity index (χ1) is 14.7. The summed E-state index contributed by atoms with van der Waals surface area (Å²) >= 11 is 12.0. The van der Waals surface area contributed by atoms with Crippen molar-refractivity contribution in [3.63, 3.8) is 0 Å². The lowest BCUT2D eigenvalue weighted by Crippen LogP contribution is -2.51. The molecule has 3 rings (SSSR count). The van der Waals surface area contributed by atoms with Gasteiger partial charge in [-0.1, -0.05) is 54.7 Å². The van der Waals surface area contributed by atoms with E-state index in [1.807, 2.05) is 36.1 Å². The number of ether oxygens (including phenoxy) is 1. The first-order valence-electron chi connectivity index (χ1n) is 10.5. The summed E-state index contributed by atoms with van der Waals surface area (Å²) < 4.78 is 5.92. The SMILES string of the molecule is Cc1ccc(C(=O)N(CC(C)C)CC2CN(C(=O)c3ccc(Cl)c(Cl)c3)CCO2)cc1. The van der Waals surface area contributed by atoms with Crippen LogP contribution in [0.15, 0.2) is 42.5 Å². The van der Waals surface area contributed by atoms with E-state index in [2.05, 4.69) is 13.8 Å². The molecule has 0 saturated carbocycles. The van der Waals surface area contributed by atoms with Crippen LogP contribution in [0.5, 0.6) is 0 Å². The van der Waals surface area contributed by atoms with Gasteiger partial charge in [0.25, 0.3) is 11.8 Å². The summed E-state index contributed by atoms with van der Waals surface area (Å²) in [4.78, 5) is 29.7. The lowest BCUT2D eigenvalue weighted by atomic mass is 10.1. The zero-order valence-electron chi connectivity index (χ0n) is 18.1. The number of halogens is 2. The lowest BCUT2D eigenvalue weighted by molar-refractivity contribution is -0.0340. The second-order valence-electron chi connectivity index (χ2n) is 8.34. The van der Waals surface area contributed by atoms with Crippen molar-refractivity contribution in [2.24, 2.45) is 5.92 Å². The number of nitrogens with zero attached hydrogens (tertiary/aromatic N) is 2. The van der Waals surface area contributed by atoms with Crippen molar-refractivity contribution in [3.8, 4) is 0 Å². The minimum atomic E-state index is -0.256. The van der Waals surface area contributed by atoms with Gasteiger partial charge in [0.2, 0.25) is 0 Å². The van der Waals surface area contributed by atoms with Crippen LogP contribution in [-0.4, -0.2) is 60.5 Å².